The van der Waals surface area contributed by atoms with Crippen molar-refractivity contribution < 1.29 is 13.6 Å². The second kappa shape index (κ2) is 2.28. The maximum Gasteiger partial charge on any atom is 0.275 e. The summed E-state index contributed by atoms with van der Waals surface area (Å²) in [6, 6.07) is 0. The van der Waals surface area contributed by atoms with Gasteiger partial charge in [0.2, 0.25) is 5.91 Å². The molecule has 0 saturated carbocycles. The zero-order valence-electron chi connectivity index (χ0n) is 3.32. The van der Waals surface area contributed by atoms with Crippen LogP contribution in [-0.4, -0.2) is 5.91 Å². The van der Waals surface area contributed by atoms with Crippen LogP contribution >= 0.6 is 0 Å². The van der Waals surface area contributed by atoms with E-state index in [1.807, 2.05) is 0 Å². The fourth-order valence-corrected chi connectivity index (χ4v) is 0.108. The van der Waals surface area contributed by atoms with E-state index in [1.54, 1.807) is 0 Å². The summed E-state index contributed by atoms with van der Waals surface area (Å²) in [5.41, 5.74) is 4.30. The number of amides is 1. The minimum Gasteiger partial charge on any atom is -0.366 e. The van der Waals surface area contributed by atoms with Gasteiger partial charge in [0.15, 0.2) is 0 Å². The number of primary amides is 1. The Morgan fingerprint density at radius 1 is 1.57 bits per heavy atom. The average molecular weight is 107 g/mol. The van der Waals surface area contributed by atoms with Crippen LogP contribution in [0, 0.1) is 0 Å². The Labute approximate surface area is 38.6 Å². The summed E-state index contributed by atoms with van der Waals surface area (Å²) < 4.78 is 21.7. The van der Waals surface area contributed by atoms with Gasteiger partial charge in [0.25, 0.3) is 6.08 Å². The van der Waals surface area contributed by atoms with Crippen LogP contribution in [0.2, 0.25) is 0 Å². The monoisotopic (exact) mass is 107 g/mol. The fraction of sp³-hybridized carbons (Fsp3) is 0. The van der Waals surface area contributed by atoms with Crippen molar-refractivity contribution in [1.82, 2.24) is 0 Å². The Morgan fingerprint density at radius 3 is 2.00 bits per heavy atom. The number of carbonyl (C=O) groups excluding carboxylic acids is 1. The van der Waals surface area contributed by atoms with Crippen molar-refractivity contribution in [3.05, 3.63) is 12.2 Å². The highest BCUT2D eigenvalue weighted by Crippen LogP contribution is 1.92. The molecule has 1 amide bonds. The summed E-state index contributed by atoms with van der Waals surface area (Å²) in [6.45, 7) is 0. The molecule has 7 heavy (non-hydrogen) atoms. The van der Waals surface area contributed by atoms with Gasteiger partial charge in [-0.1, -0.05) is 0 Å². The van der Waals surface area contributed by atoms with Crippen LogP contribution in [0.5, 0.6) is 0 Å². The summed E-state index contributed by atoms with van der Waals surface area (Å²) in [5.74, 6) is -1.12. The van der Waals surface area contributed by atoms with Crippen LogP contribution in [0.1, 0.15) is 0 Å². The van der Waals surface area contributed by atoms with Gasteiger partial charge in [-0.25, -0.2) is 0 Å². The lowest BCUT2D eigenvalue weighted by Gasteiger charge is -1.73. The highest BCUT2D eigenvalue weighted by atomic mass is 19.3. The van der Waals surface area contributed by atoms with Crippen molar-refractivity contribution in [3.63, 3.8) is 0 Å². The molecule has 0 unspecified atom stereocenters. The molecular weight excluding hydrogens is 104 g/mol. The molecule has 0 bridgehead atoms. The summed E-state index contributed by atoms with van der Waals surface area (Å²) in [6.07, 6.45) is -2.01. The van der Waals surface area contributed by atoms with Crippen molar-refractivity contribution >= 4 is 5.91 Å². The second-order valence-corrected chi connectivity index (χ2v) is 0.836. The number of rotatable bonds is 1. The van der Waals surface area contributed by atoms with E-state index in [0.717, 1.165) is 0 Å². The number of carbonyl (C=O) groups is 1. The van der Waals surface area contributed by atoms with E-state index < -0.39 is 12.0 Å². The lowest BCUT2D eigenvalue weighted by atomic mass is 10.6. The highest BCUT2D eigenvalue weighted by molar-refractivity contribution is 5.85. The molecule has 0 fully saturated rings. The molecule has 0 aliphatic rings. The molecule has 0 aromatic rings. The first-order valence-corrected chi connectivity index (χ1v) is 1.45. The Kier molecular flexibility index (Phi) is 1.98. The first kappa shape index (κ1) is 6.07. The predicted molar refractivity (Wildman–Crippen MR) is 19.5 cm³/mol. The number of hydrogen-bond donors (Lipinski definition) is 1. The third-order valence-electron chi connectivity index (χ3n) is 0.251. The first-order valence-electron chi connectivity index (χ1n) is 1.45. The quantitative estimate of drug-likeness (QED) is 0.479. The van der Waals surface area contributed by atoms with Crippen LogP contribution in [0.25, 0.3) is 0 Å². The van der Waals surface area contributed by atoms with Crippen LogP contribution < -0.4 is 5.73 Å². The zero-order valence-corrected chi connectivity index (χ0v) is 3.32. The SMILES string of the molecule is NC(=O)C=C(F)F. The van der Waals surface area contributed by atoms with Crippen LogP contribution in [-0.2, 0) is 4.79 Å². The molecule has 0 atom stereocenters. The topological polar surface area (TPSA) is 43.1 Å². The molecule has 0 heterocycles. The molecule has 0 spiro atoms. The van der Waals surface area contributed by atoms with Gasteiger partial charge in [-0.2, -0.15) is 8.78 Å². The maximum absolute atomic E-state index is 10.8. The molecule has 0 radical (unpaired) electrons. The minimum atomic E-state index is -2.06. The molecule has 2 N–H and O–H groups in total. The lowest BCUT2D eigenvalue weighted by molar-refractivity contribution is -0.113. The summed E-state index contributed by atoms with van der Waals surface area (Å²) in [5, 5.41) is 0. The third-order valence-corrected chi connectivity index (χ3v) is 0.251. The van der Waals surface area contributed by atoms with Crippen LogP contribution in [0.3, 0.4) is 0 Å². The van der Waals surface area contributed by atoms with Gasteiger partial charge in [-0.05, 0) is 0 Å². The van der Waals surface area contributed by atoms with Crippen molar-refractivity contribution in [1.29, 1.82) is 0 Å². The average Bonchev–Trinajstić information content (AvgIpc) is 1.27. The molecule has 4 heteroatoms. The highest BCUT2D eigenvalue weighted by Gasteiger charge is 1.89. The fourth-order valence-electron chi connectivity index (χ4n) is 0.108. The van der Waals surface area contributed by atoms with Crippen molar-refractivity contribution in [2.45, 2.75) is 0 Å². The van der Waals surface area contributed by atoms with Crippen molar-refractivity contribution in [3.8, 4) is 0 Å². The van der Waals surface area contributed by atoms with Crippen LogP contribution in [0.4, 0.5) is 8.78 Å². The molecule has 40 valence electrons. The maximum atomic E-state index is 10.8. The van der Waals surface area contributed by atoms with Gasteiger partial charge in [0.1, 0.15) is 0 Å². The Hall–Kier alpha value is -0.930. The van der Waals surface area contributed by atoms with E-state index in [2.05, 4.69) is 5.73 Å². The molecule has 0 aromatic heterocycles. The molecule has 0 aromatic carbocycles. The summed E-state index contributed by atoms with van der Waals surface area (Å²) in [7, 11) is 0. The summed E-state index contributed by atoms with van der Waals surface area (Å²) >= 11 is 0. The molecular formula is C3H3F2NO. The van der Waals surface area contributed by atoms with Crippen molar-refractivity contribution in [2.24, 2.45) is 5.73 Å². The zero-order chi connectivity index (χ0) is 5.86. The molecule has 2 nitrogen and oxygen atoms in total. The normalized spacial score (nSPS) is 7.71. The van der Waals surface area contributed by atoms with E-state index in [1.165, 1.54) is 0 Å². The molecule has 0 aliphatic carbocycles. The predicted octanol–water partition coefficient (Wildman–Crippen LogP) is 0.252. The second-order valence-electron chi connectivity index (χ2n) is 0.836. The Balaban J connectivity index is 3.68. The minimum absolute atomic E-state index is 0.0556. The van der Waals surface area contributed by atoms with Gasteiger partial charge in [0, 0.05) is 0 Å². The summed E-state index contributed by atoms with van der Waals surface area (Å²) in [4.78, 5) is 9.48. The Bertz CT molecular complexity index is 106. The van der Waals surface area contributed by atoms with Crippen molar-refractivity contribution in [2.75, 3.05) is 0 Å². The van der Waals surface area contributed by atoms with Gasteiger partial charge in [-0.15, -0.1) is 0 Å². The van der Waals surface area contributed by atoms with E-state index in [0.29, 0.717) is 0 Å². The molecule has 0 rings (SSSR count). The van der Waals surface area contributed by atoms with E-state index in [9.17, 15) is 13.6 Å². The molecule has 0 aliphatic heterocycles. The van der Waals surface area contributed by atoms with Crippen LogP contribution in [0.15, 0.2) is 12.2 Å². The van der Waals surface area contributed by atoms with Gasteiger partial charge in [0.05, 0.1) is 6.08 Å². The van der Waals surface area contributed by atoms with E-state index in [-0.39, 0.29) is 6.08 Å². The number of halogens is 2. The Morgan fingerprint density at radius 2 is 2.00 bits per heavy atom. The first-order chi connectivity index (χ1) is 3.13. The molecule has 0 saturated heterocycles. The van der Waals surface area contributed by atoms with Gasteiger partial charge >= 0.3 is 0 Å². The smallest absolute Gasteiger partial charge is 0.275 e. The van der Waals surface area contributed by atoms with E-state index >= 15 is 0 Å². The van der Waals surface area contributed by atoms with Gasteiger partial charge in [-0.3, -0.25) is 4.79 Å². The number of nitrogens with two attached hydrogens (primary N) is 1. The third kappa shape index (κ3) is 5.07. The number of hydrogen-bond acceptors (Lipinski definition) is 1. The van der Waals surface area contributed by atoms with E-state index in [4.69, 9.17) is 0 Å². The standard InChI is InChI=1S/C3H3F2NO/c4-2(5)1-3(6)7/h1H,(H2,6,7). The lowest BCUT2D eigenvalue weighted by Crippen LogP contribution is -2.05. The van der Waals surface area contributed by atoms with Gasteiger partial charge < -0.3 is 5.73 Å². The largest absolute Gasteiger partial charge is 0.366 e.